The van der Waals surface area contributed by atoms with Gasteiger partial charge in [-0.2, -0.15) is 0 Å². The van der Waals surface area contributed by atoms with E-state index in [0.29, 0.717) is 47.6 Å². The summed E-state index contributed by atoms with van der Waals surface area (Å²) in [7, 11) is 0. The lowest BCUT2D eigenvalue weighted by Crippen LogP contribution is -2.39. The molecule has 0 unspecified atom stereocenters. The number of fused-ring (bicyclic) bond motifs is 3. The minimum absolute atomic E-state index is 0.0336. The van der Waals surface area contributed by atoms with Gasteiger partial charge in [0.1, 0.15) is 29.1 Å². The molecule has 2 aliphatic carbocycles. The van der Waals surface area contributed by atoms with Crippen LogP contribution in [0.25, 0.3) is 11.6 Å². The molecule has 260 valence electrons. The first-order valence-corrected chi connectivity index (χ1v) is 17.6. The molecule has 2 aromatic carbocycles. The van der Waals surface area contributed by atoms with Gasteiger partial charge in [-0.05, 0) is 93.9 Å². The van der Waals surface area contributed by atoms with Gasteiger partial charge < -0.3 is 34.3 Å². The third-order valence-corrected chi connectivity index (χ3v) is 10.5. The lowest BCUT2D eigenvalue weighted by atomic mass is 9.72. The van der Waals surface area contributed by atoms with Gasteiger partial charge in [-0.25, -0.2) is 4.79 Å². The number of aliphatic hydroxyl groups is 3. The predicted octanol–water partition coefficient (Wildman–Crippen LogP) is 3.73. The Labute approximate surface area is 285 Å². The zero-order valence-electron chi connectivity index (χ0n) is 28.4. The first-order chi connectivity index (χ1) is 23.6. The minimum Gasteiger partial charge on any atom is -0.489 e. The highest BCUT2D eigenvalue weighted by molar-refractivity contribution is 5.98. The summed E-state index contributed by atoms with van der Waals surface area (Å²) in [6.45, 7) is 5.04. The summed E-state index contributed by atoms with van der Waals surface area (Å²) < 4.78 is 25.0. The van der Waals surface area contributed by atoms with Crippen molar-refractivity contribution < 1.29 is 43.9 Å². The van der Waals surface area contributed by atoms with Crippen LogP contribution in [0.1, 0.15) is 93.9 Å². The van der Waals surface area contributed by atoms with Crippen molar-refractivity contribution in [3.05, 3.63) is 68.4 Å². The Morgan fingerprint density at radius 2 is 1.88 bits per heavy atom. The number of hydrogen-bond donors (Lipinski definition) is 3. The molecule has 3 N–H and O–H groups in total. The molecule has 3 atom stereocenters. The van der Waals surface area contributed by atoms with E-state index in [9.17, 15) is 24.9 Å². The van der Waals surface area contributed by atoms with E-state index >= 15 is 0 Å². The van der Waals surface area contributed by atoms with Crippen molar-refractivity contribution in [2.45, 2.75) is 102 Å². The third kappa shape index (κ3) is 6.19. The molecule has 0 aromatic heterocycles. The highest BCUT2D eigenvalue weighted by atomic mass is 16.6. The molecule has 49 heavy (non-hydrogen) atoms. The number of esters is 1. The SMILES string of the molecule is CCOC(=O)C1=C/C(=C2\C[C@@H](CO)C(=O)[C@@H](c3ccc4c(c3)=CCN=4)C2)c2c(c(CO)c3c(c2OC2CCCCC2)C[C@@H](C(C)(C)O)O3)O1. The number of ketones is 1. The summed E-state index contributed by atoms with van der Waals surface area (Å²) in [5, 5.41) is 34.3. The Hall–Kier alpha value is -3.99. The molecule has 0 bridgehead atoms. The predicted molar refractivity (Wildman–Crippen MR) is 181 cm³/mol. The van der Waals surface area contributed by atoms with E-state index < -0.39 is 36.1 Å². The number of allylic oxidation sites excluding steroid dienone is 3. The number of carbonyl (C=O) groups excluding carboxylic acids is 2. The van der Waals surface area contributed by atoms with Crippen LogP contribution < -0.4 is 24.8 Å². The molecular weight excluding hydrogens is 626 g/mol. The Morgan fingerprint density at radius 1 is 1.08 bits per heavy atom. The van der Waals surface area contributed by atoms with Gasteiger partial charge in [0.15, 0.2) is 0 Å². The zero-order valence-corrected chi connectivity index (χ0v) is 28.4. The number of Topliss-reactive ketones (excluding diaryl/α,β-unsaturated/α-hetero) is 1. The smallest absolute Gasteiger partial charge is 0.374 e. The van der Waals surface area contributed by atoms with Crippen LogP contribution in [0.2, 0.25) is 0 Å². The van der Waals surface area contributed by atoms with E-state index in [-0.39, 0.29) is 43.0 Å². The third-order valence-electron chi connectivity index (χ3n) is 10.5. The van der Waals surface area contributed by atoms with Crippen LogP contribution in [0.5, 0.6) is 17.2 Å². The van der Waals surface area contributed by atoms with Crippen molar-refractivity contribution in [2.24, 2.45) is 10.9 Å². The fourth-order valence-electron chi connectivity index (χ4n) is 7.90. The molecule has 0 radical (unpaired) electrons. The number of nitrogens with zero attached hydrogens (tertiary/aromatic N) is 1. The van der Waals surface area contributed by atoms with Crippen LogP contribution in [0.15, 0.2) is 40.6 Å². The summed E-state index contributed by atoms with van der Waals surface area (Å²) in [6, 6.07) is 5.88. The number of rotatable bonds is 8. The summed E-state index contributed by atoms with van der Waals surface area (Å²) in [6.07, 6.45) is 8.96. The Kier molecular flexibility index (Phi) is 9.15. The van der Waals surface area contributed by atoms with Crippen molar-refractivity contribution in [2.75, 3.05) is 19.8 Å². The van der Waals surface area contributed by atoms with Crippen LogP contribution in [0.3, 0.4) is 0 Å². The van der Waals surface area contributed by atoms with Gasteiger partial charge in [-0.15, -0.1) is 0 Å². The van der Waals surface area contributed by atoms with Crippen LogP contribution in [-0.4, -0.2) is 64.6 Å². The summed E-state index contributed by atoms with van der Waals surface area (Å²) in [5.41, 5.74) is 2.83. The van der Waals surface area contributed by atoms with Gasteiger partial charge in [-0.1, -0.05) is 24.1 Å². The molecule has 10 heteroatoms. The van der Waals surface area contributed by atoms with E-state index in [1.165, 1.54) is 0 Å². The van der Waals surface area contributed by atoms with E-state index in [0.717, 1.165) is 59.4 Å². The Bertz CT molecular complexity index is 1860. The number of benzene rings is 2. The summed E-state index contributed by atoms with van der Waals surface area (Å²) >= 11 is 0. The maximum atomic E-state index is 13.9. The highest BCUT2D eigenvalue weighted by Crippen LogP contribution is 2.55. The first kappa shape index (κ1) is 33.5. The maximum absolute atomic E-state index is 13.9. The van der Waals surface area contributed by atoms with Gasteiger partial charge >= 0.3 is 5.97 Å². The first-order valence-electron chi connectivity index (χ1n) is 17.6. The quantitative estimate of drug-likeness (QED) is 0.358. The van der Waals surface area contributed by atoms with Gasteiger partial charge in [0, 0.05) is 23.8 Å². The van der Waals surface area contributed by atoms with Crippen molar-refractivity contribution in [1.82, 2.24) is 0 Å². The molecule has 5 aliphatic rings. The van der Waals surface area contributed by atoms with Crippen LogP contribution in [-0.2, 0) is 27.4 Å². The minimum atomic E-state index is -1.20. The number of hydrogen-bond acceptors (Lipinski definition) is 10. The monoisotopic (exact) mass is 671 g/mol. The standard InChI is InChI=1S/C39H45NO9/c1-4-46-38(44)31-17-26(23-15-24(19-41)34(43)27(16-23)21-10-11-30-22(14-21)12-13-40-30)33-36(47-25-8-6-5-7-9-25)28-18-32(39(2,3)45)49-35(28)29(20-42)37(33)48-31/h10-12,14,17,24-25,27,32,41-42,45H,4-9,13,15-16,18-20H2,1-3H3/b26-23-/t24-,27+,32-/m0/s1. The fraction of sp³-hybridized carbons (Fsp3) is 0.513. The van der Waals surface area contributed by atoms with E-state index in [1.54, 1.807) is 26.8 Å². The zero-order chi connectivity index (χ0) is 34.4. The van der Waals surface area contributed by atoms with Crippen LogP contribution >= 0.6 is 0 Å². The van der Waals surface area contributed by atoms with Gasteiger partial charge in [0.25, 0.3) is 0 Å². The van der Waals surface area contributed by atoms with Crippen LogP contribution in [0.4, 0.5) is 0 Å². The lowest BCUT2D eigenvalue weighted by molar-refractivity contribution is -0.141. The van der Waals surface area contributed by atoms with E-state index in [2.05, 4.69) is 4.99 Å². The molecule has 0 saturated heterocycles. The average Bonchev–Trinajstić information content (AvgIpc) is 3.76. The summed E-state index contributed by atoms with van der Waals surface area (Å²) in [5.74, 6) is -0.783. The Morgan fingerprint density at radius 3 is 2.59 bits per heavy atom. The molecule has 2 saturated carbocycles. The molecule has 0 amide bonds. The average molecular weight is 672 g/mol. The number of aliphatic hydroxyl groups excluding tert-OH is 2. The molecular formula is C39H45NO9. The maximum Gasteiger partial charge on any atom is 0.374 e. The summed E-state index contributed by atoms with van der Waals surface area (Å²) in [4.78, 5) is 31.7. The van der Waals surface area contributed by atoms with Gasteiger partial charge in [0.2, 0.25) is 5.76 Å². The normalized spacial score (nSPS) is 24.8. The van der Waals surface area contributed by atoms with Crippen molar-refractivity contribution in [3.8, 4) is 17.2 Å². The second-order valence-corrected chi connectivity index (χ2v) is 14.3. The van der Waals surface area contributed by atoms with Crippen molar-refractivity contribution >= 4 is 23.4 Å². The number of carbonyl (C=O) groups is 2. The molecule has 7 rings (SSSR count). The molecule has 3 aliphatic heterocycles. The van der Waals surface area contributed by atoms with Crippen molar-refractivity contribution in [3.63, 3.8) is 0 Å². The lowest BCUT2D eigenvalue weighted by Gasteiger charge is -2.34. The molecule has 3 heterocycles. The second-order valence-electron chi connectivity index (χ2n) is 14.3. The van der Waals surface area contributed by atoms with Crippen LogP contribution in [0, 0.1) is 5.92 Å². The molecule has 10 nitrogen and oxygen atoms in total. The Balaban J connectivity index is 1.46. The van der Waals surface area contributed by atoms with Gasteiger partial charge in [0.05, 0.1) is 54.6 Å². The van der Waals surface area contributed by atoms with Gasteiger partial charge in [-0.3, -0.25) is 9.79 Å². The molecule has 2 fully saturated rings. The molecule has 2 aromatic rings. The largest absolute Gasteiger partial charge is 0.489 e. The second kappa shape index (κ2) is 13.4. The molecule has 0 spiro atoms. The highest BCUT2D eigenvalue weighted by Gasteiger charge is 2.44. The topological polar surface area (TPSA) is 144 Å². The number of ether oxygens (including phenoxy) is 4. The van der Waals surface area contributed by atoms with E-state index in [4.69, 9.17) is 18.9 Å². The van der Waals surface area contributed by atoms with Crippen molar-refractivity contribution in [1.29, 1.82) is 0 Å². The fourth-order valence-corrected chi connectivity index (χ4v) is 7.90. The van der Waals surface area contributed by atoms with E-state index in [1.807, 2.05) is 24.3 Å².